The molecule has 0 spiro atoms. The third kappa shape index (κ3) is 3.11. The summed E-state index contributed by atoms with van der Waals surface area (Å²) in [5.74, 6) is -1.20. The van der Waals surface area contributed by atoms with E-state index in [-0.39, 0.29) is 22.8 Å². The summed E-state index contributed by atoms with van der Waals surface area (Å²) in [6, 6.07) is 7.02. The first kappa shape index (κ1) is 17.8. The zero-order chi connectivity index (χ0) is 19.0. The van der Waals surface area contributed by atoms with Crippen LogP contribution < -0.4 is 4.74 Å². The summed E-state index contributed by atoms with van der Waals surface area (Å²) in [7, 11) is 0. The van der Waals surface area contributed by atoms with E-state index in [4.69, 9.17) is 4.74 Å². The number of phenols is 3. The summed E-state index contributed by atoms with van der Waals surface area (Å²) in [5.41, 5.74) is 1.74. The number of benzene rings is 2. The van der Waals surface area contributed by atoms with Gasteiger partial charge in [-0.2, -0.15) is 0 Å². The van der Waals surface area contributed by atoms with Gasteiger partial charge in [-0.25, -0.2) is 0 Å². The molecule has 0 saturated heterocycles. The molecule has 2 aromatic carbocycles. The van der Waals surface area contributed by atoms with Gasteiger partial charge in [-0.05, 0) is 38.0 Å². The number of allylic oxidation sites excluding steroid dienone is 2. The van der Waals surface area contributed by atoms with Gasteiger partial charge in [0, 0.05) is 11.6 Å². The maximum Gasteiger partial charge on any atom is 0.202 e. The van der Waals surface area contributed by atoms with Gasteiger partial charge in [0.25, 0.3) is 0 Å². The number of rotatable bonds is 3. The van der Waals surface area contributed by atoms with Crippen LogP contribution in [-0.2, 0) is 6.42 Å². The van der Waals surface area contributed by atoms with Crippen molar-refractivity contribution in [2.75, 3.05) is 0 Å². The van der Waals surface area contributed by atoms with Gasteiger partial charge in [-0.15, -0.1) is 0 Å². The van der Waals surface area contributed by atoms with Gasteiger partial charge in [-0.3, -0.25) is 4.79 Å². The Morgan fingerprint density at radius 1 is 1.12 bits per heavy atom. The molecule has 0 amide bonds. The van der Waals surface area contributed by atoms with Crippen molar-refractivity contribution in [1.82, 2.24) is 0 Å². The van der Waals surface area contributed by atoms with Crippen LogP contribution in [0.3, 0.4) is 0 Å². The molecule has 4 N–H and O–H groups in total. The van der Waals surface area contributed by atoms with E-state index in [2.05, 4.69) is 0 Å². The minimum Gasteiger partial charge on any atom is -0.508 e. The fraction of sp³-hybridized carbons (Fsp3) is 0.250. The van der Waals surface area contributed by atoms with Crippen LogP contribution in [0.5, 0.6) is 23.0 Å². The number of aliphatic hydroxyl groups is 1. The number of ketones is 1. The molecule has 6 heteroatoms. The summed E-state index contributed by atoms with van der Waals surface area (Å²) in [6.45, 7) is 3.80. The standard InChI is InChI=1S/C20H20O6/c1-10(2)3-8-13-14(22)9-15(23)16-17(24)18(25)19(26-20(13)16)11-4-6-12(21)7-5-11/h3-7,9,18-19,21-23,25H,8H2,1-2H3/t18-,19-/m0/s1. The van der Waals surface area contributed by atoms with Gasteiger partial charge in [0.15, 0.2) is 12.2 Å². The van der Waals surface area contributed by atoms with E-state index < -0.39 is 23.7 Å². The van der Waals surface area contributed by atoms with Crippen molar-refractivity contribution in [3.05, 3.63) is 58.7 Å². The van der Waals surface area contributed by atoms with E-state index >= 15 is 0 Å². The summed E-state index contributed by atoms with van der Waals surface area (Å²) in [6.07, 6.45) is -0.357. The predicted molar refractivity (Wildman–Crippen MR) is 94.7 cm³/mol. The predicted octanol–water partition coefficient (Wildman–Crippen LogP) is 2.99. The van der Waals surface area contributed by atoms with Crippen LogP contribution in [0.15, 0.2) is 42.0 Å². The molecule has 3 rings (SSSR count). The molecule has 1 aliphatic rings. The Labute approximate surface area is 150 Å². The summed E-state index contributed by atoms with van der Waals surface area (Å²) >= 11 is 0. The molecule has 0 fully saturated rings. The minimum absolute atomic E-state index is 0.0466. The average Bonchev–Trinajstić information content (AvgIpc) is 2.57. The topological polar surface area (TPSA) is 107 Å². The molecule has 2 aromatic rings. The largest absolute Gasteiger partial charge is 0.508 e. The van der Waals surface area contributed by atoms with Gasteiger partial charge >= 0.3 is 0 Å². The van der Waals surface area contributed by atoms with Gasteiger partial charge in [-0.1, -0.05) is 23.8 Å². The monoisotopic (exact) mass is 356 g/mol. The van der Waals surface area contributed by atoms with Crippen molar-refractivity contribution in [3.8, 4) is 23.0 Å². The second-order valence-electron chi connectivity index (χ2n) is 6.52. The van der Waals surface area contributed by atoms with Crippen LogP contribution in [0, 0.1) is 0 Å². The highest BCUT2D eigenvalue weighted by Gasteiger charge is 2.40. The number of carbonyl (C=O) groups excluding carboxylic acids is 1. The first-order valence-electron chi connectivity index (χ1n) is 8.18. The minimum atomic E-state index is -1.52. The second-order valence-corrected chi connectivity index (χ2v) is 6.52. The molecule has 136 valence electrons. The van der Waals surface area contributed by atoms with E-state index in [0.717, 1.165) is 11.6 Å². The molecule has 1 aliphatic heterocycles. The Morgan fingerprint density at radius 3 is 2.38 bits per heavy atom. The lowest BCUT2D eigenvalue weighted by Gasteiger charge is -2.31. The number of aromatic hydroxyl groups is 3. The van der Waals surface area contributed by atoms with Crippen LogP contribution in [0.1, 0.15) is 41.4 Å². The quantitative estimate of drug-likeness (QED) is 0.630. The SMILES string of the molecule is CC(C)=CCc1c(O)cc(O)c2c1O[C@@H](c1ccc(O)cc1)[C@@H](O)C2=O. The summed E-state index contributed by atoms with van der Waals surface area (Å²) < 4.78 is 5.86. The summed E-state index contributed by atoms with van der Waals surface area (Å²) in [5, 5.41) is 40.1. The number of aliphatic hydroxyl groups excluding tert-OH is 1. The number of carbonyl (C=O) groups is 1. The first-order chi connectivity index (χ1) is 12.3. The number of ether oxygens (including phenoxy) is 1. The smallest absolute Gasteiger partial charge is 0.202 e. The normalized spacial score (nSPS) is 18.8. The van der Waals surface area contributed by atoms with Crippen LogP contribution in [-0.4, -0.2) is 32.3 Å². The molecule has 1 heterocycles. The molecular weight excluding hydrogens is 336 g/mol. The molecule has 0 unspecified atom stereocenters. The van der Waals surface area contributed by atoms with E-state index in [1.54, 1.807) is 12.1 Å². The fourth-order valence-electron chi connectivity index (χ4n) is 2.94. The maximum absolute atomic E-state index is 12.7. The molecular formula is C20H20O6. The number of hydrogen-bond donors (Lipinski definition) is 4. The van der Waals surface area contributed by atoms with E-state index in [0.29, 0.717) is 17.5 Å². The average molecular weight is 356 g/mol. The molecule has 6 nitrogen and oxygen atoms in total. The van der Waals surface area contributed by atoms with Crippen LogP contribution in [0.25, 0.3) is 0 Å². The maximum atomic E-state index is 12.7. The number of Topliss-reactive ketones (excluding diaryl/α,β-unsaturated/α-hetero) is 1. The second kappa shape index (κ2) is 6.72. The van der Waals surface area contributed by atoms with Crippen molar-refractivity contribution in [2.24, 2.45) is 0 Å². The van der Waals surface area contributed by atoms with Crippen LogP contribution in [0.4, 0.5) is 0 Å². The zero-order valence-electron chi connectivity index (χ0n) is 14.4. The Kier molecular flexibility index (Phi) is 4.61. The molecule has 0 aromatic heterocycles. The van der Waals surface area contributed by atoms with E-state index in [9.17, 15) is 25.2 Å². The highest BCUT2D eigenvalue weighted by molar-refractivity contribution is 6.06. The van der Waals surface area contributed by atoms with Crippen molar-refractivity contribution in [2.45, 2.75) is 32.5 Å². The molecule has 0 saturated carbocycles. The van der Waals surface area contributed by atoms with Gasteiger partial charge in [0.1, 0.15) is 28.6 Å². The Balaban J connectivity index is 2.12. The molecule has 2 atom stereocenters. The van der Waals surface area contributed by atoms with Gasteiger partial charge in [0.2, 0.25) is 5.78 Å². The zero-order valence-corrected chi connectivity index (χ0v) is 14.4. The van der Waals surface area contributed by atoms with Crippen molar-refractivity contribution >= 4 is 5.78 Å². The third-order valence-electron chi connectivity index (χ3n) is 4.32. The number of hydrogen-bond acceptors (Lipinski definition) is 6. The number of phenolic OH excluding ortho intramolecular Hbond substituents is 3. The molecule has 26 heavy (non-hydrogen) atoms. The van der Waals surface area contributed by atoms with Gasteiger partial charge < -0.3 is 25.2 Å². The highest BCUT2D eigenvalue weighted by atomic mass is 16.5. The van der Waals surface area contributed by atoms with Crippen molar-refractivity contribution < 1.29 is 30.0 Å². The van der Waals surface area contributed by atoms with E-state index in [1.807, 2.05) is 19.9 Å². The van der Waals surface area contributed by atoms with E-state index in [1.165, 1.54) is 12.1 Å². The van der Waals surface area contributed by atoms with Crippen molar-refractivity contribution in [1.29, 1.82) is 0 Å². The highest BCUT2D eigenvalue weighted by Crippen LogP contribution is 2.45. The number of fused-ring (bicyclic) bond motifs is 1. The van der Waals surface area contributed by atoms with Crippen LogP contribution in [0.2, 0.25) is 0 Å². The lowest BCUT2D eigenvalue weighted by molar-refractivity contribution is 0.0206. The Hall–Kier alpha value is -2.99. The van der Waals surface area contributed by atoms with Crippen LogP contribution >= 0.6 is 0 Å². The lowest BCUT2D eigenvalue weighted by Crippen LogP contribution is -2.36. The fourth-order valence-corrected chi connectivity index (χ4v) is 2.94. The summed E-state index contributed by atoms with van der Waals surface area (Å²) in [4.78, 5) is 12.7. The molecule has 0 aliphatic carbocycles. The third-order valence-corrected chi connectivity index (χ3v) is 4.32. The molecule has 0 bridgehead atoms. The van der Waals surface area contributed by atoms with Crippen molar-refractivity contribution in [3.63, 3.8) is 0 Å². The Morgan fingerprint density at radius 2 is 1.77 bits per heavy atom. The molecule has 0 radical (unpaired) electrons. The van der Waals surface area contributed by atoms with Gasteiger partial charge in [0.05, 0.1) is 0 Å². The lowest BCUT2D eigenvalue weighted by atomic mass is 9.90. The Bertz CT molecular complexity index is 878. The first-order valence-corrected chi connectivity index (χ1v) is 8.18.